The summed E-state index contributed by atoms with van der Waals surface area (Å²) in [6.45, 7) is 20.4. The average Bonchev–Trinajstić information content (AvgIpc) is 2.56. The van der Waals surface area contributed by atoms with Crippen molar-refractivity contribution in [1.29, 1.82) is 0 Å². The highest BCUT2D eigenvalue weighted by Gasteiger charge is 2.36. The Morgan fingerprint density at radius 2 is 1.96 bits per heavy atom. The zero-order valence-electron chi connectivity index (χ0n) is 16.3. The minimum Gasteiger partial charge on any atom is -0.396 e. The van der Waals surface area contributed by atoms with Crippen molar-refractivity contribution >= 4 is 0 Å². The van der Waals surface area contributed by atoms with Crippen molar-refractivity contribution in [2.45, 2.75) is 38.3 Å². The fourth-order valence-electron chi connectivity index (χ4n) is 3.58. The Hall–Kier alpha value is -2.02. The van der Waals surface area contributed by atoms with Gasteiger partial charge in [-0.3, -0.25) is 4.90 Å². The van der Waals surface area contributed by atoms with Gasteiger partial charge in [-0.25, -0.2) is 0 Å². The SMILES string of the molecule is C=C(C)/C=C\C(=C)C#CC(=C)N(C)C1CCN(C2CC(CO)C2)CC1=C. The molecule has 3 nitrogen and oxygen atoms in total. The number of hydrogen-bond donors (Lipinski definition) is 1. The molecular formula is C23H32N2O. The van der Waals surface area contributed by atoms with Crippen LogP contribution >= 0.6 is 0 Å². The summed E-state index contributed by atoms with van der Waals surface area (Å²) in [4.78, 5) is 4.65. The first-order valence-corrected chi connectivity index (χ1v) is 9.30. The minimum absolute atomic E-state index is 0.279. The Balaban J connectivity index is 1.87. The summed E-state index contributed by atoms with van der Waals surface area (Å²) < 4.78 is 0. The van der Waals surface area contributed by atoms with E-state index in [0.29, 0.717) is 18.6 Å². The highest BCUT2D eigenvalue weighted by atomic mass is 16.3. The molecule has 1 atom stereocenters. The van der Waals surface area contributed by atoms with Crippen LogP contribution in [0.2, 0.25) is 0 Å². The van der Waals surface area contributed by atoms with Crippen molar-refractivity contribution in [3.63, 3.8) is 0 Å². The predicted molar refractivity (Wildman–Crippen MR) is 110 cm³/mol. The molecule has 1 heterocycles. The smallest absolute Gasteiger partial charge is 0.0812 e. The molecule has 3 heteroatoms. The van der Waals surface area contributed by atoms with E-state index in [2.05, 4.69) is 48.0 Å². The molecule has 0 bridgehead atoms. The van der Waals surface area contributed by atoms with Crippen molar-refractivity contribution in [2.24, 2.45) is 5.92 Å². The molecule has 0 radical (unpaired) electrons. The number of likely N-dealkylation sites (tertiary alicyclic amines) is 1. The van der Waals surface area contributed by atoms with Gasteiger partial charge in [0, 0.05) is 38.4 Å². The van der Waals surface area contributed by atoms with Crippen LogP contribution in [0.1, 0.15) is 26.2 Å². The lowest BCUT2D eigenvalue weighted by Crippen LogP contribution is -2.52. The van der Waals surface area contributed by atoms with Crippen LogP contribution in [-0.4, -0.2) is 53.7 Å². The molecule has 1 N–H and O–H groups in total. The third kappa shape index (κ3) is 5.24. The van der Waals surface area contributed by atoms with E-state index in [1.807, 2.05) is 26.1 Å². The molecular weight excluding hydrogens is 320 g/mol. The molecule has 0 amide bonds. The summed E-state index contributed by atoms with van der Waals surface area (Å²) in [7, 11) is 2.04. The maximum Gasteiger partial charge on any atom is 0.0812 e. The number of piperidine rings is 1. The van der Waals surface area contributed by atoms with Gasteiger partial charge in [0.25, 0.3) is 0 Å². The number of likely N-dealkylation sites (N-methyl/N-ethyl adjacent to an activating group) is 1. The number of nitrogens with zero attached hydrogens (tertiary/aromatic N) is 2. The first-order chi connectivity index (χ1) is 12.3. The molecule has 1 unspecified atom stereocenters. The van der Waals surface area contributed by atoms with Crippen LogP contribution in [0, 0.1) is 17.8 Å². The molecule has 1 saturated carbocycles. The summed E-state index contributed by atoms with van der Waals surface area (Å²) >= 11 is 0. The number of allylic oxidation sites excluding steroid dienone is 5. The van der Waals surface area contributed by atoms with Gasteiger partial charge >= 0.3 is 0 Å². The van der Waals surface area contributed by atoms with Gasteiger partial charge in [-0.2, -0.15) is 0 Å². The molecule has 2 rings (SSSR count). The van der Waals surface area contributed by atoms with Crippen LogP contribution in [0.25, 0.3) is 0 Å². The molecule has 0 aromatic carbocycles. The maximum atomic E-state index is 9.20. The second kappa shape index (κ2) is 9.07. The normalized spacial score (nSPS) is 26.0. The Morgan fingerprint density at radius 3 is 2.54 bits per heavy atom. The van der Waals surface area contributed by atoms with Gasteiger partial charge in [-0.15, -0.1) is 0 Å². The van der Waals surface area contributed by atoms with Gasteiger partial charge in [-0.05, 0) is 49.7 Å². The third-order valence-corrected chi connectivity index (χ3v) is 5.38. The van der Waals surface area contributed by atoms with Gasteiger partial charge in [0.15, 0.2) is 0 Å². The van der Waals surface area contributed by atoms with Crippen LogP contribution in [0.15, 0.2) is 60.9 Å². The number of hydrogen-bond acceptors (Lipinski definition) is 3. The van der Waals surface area contributed by atoms with E-state index in [4.69, 9.17) is 0 Å². The molecule has 0 aromatic heterocycles. The van der Waals surface area contributed by atoms with E-state index in [0.717, 1.165) is 49.2 Å². The number of aliphatic hydroxyl groups excluding tert-OH is 1. The molecule has 1 aliphatic carbocycles. The van der Waals surface area contributed by atoms with Crippen molar-refractivity contribution in [3.8, 4) is 11.8 Å². The lowest BCUT2D eigenvalue weighted by atomic mass is 9.79. The second-order valence-electron chi connectivity index (χ2n) is 7.62. The maximum absolute atomic E-state index is 9.20. The molecule has 0 aromatic rings. The molecule has 2 fully saturated rings. The summed E-state index contributed by atoms with van der Waals surface area (Å²) in [5.41, 5.74) is 3.73. The molecule has 26 heavy (non-hydrogen) atoms. The van der Waals surface area contributed by atoms with Gasteiger partial charge in [0.1, 0.15) is 0 Å². The van der Waals surface area contributed by atoms with E-state index >= 15 is 0 Å². The summed E-state index contributed by atoms with van der Waals surface area (Å²) in [6.07, 6.45) is 7.04. The topological polar surface area (TPSA) is 26.7 Å². The molecule has 140 valence electrons. The summed E-state index contributed by atoms with van der Waals surface area (Å²) in [5, 5.41) is 9.20. The molecule has 1 aliphatic heterocycles. The zero-order chi connectivity index (χ0) is 19.3. The van der Waals surface area contributed by atoms with E-state index in [9.17, 15) is 5.11 Å². The third-order valence-electron chi connectivity index (χ3n) is 5.38. The average molecular weight is 353 g/mol. The molecule has 2 aliphatic rings. The lowest BCUT2D eigenvalue weighted by molar-refractivity contribution is 0.0364. The second-order valence-corrected chi connectivity index (χ2v) is 7.62. The van der Waals surface area contributed by atoms with Crippen LogP contribution in [-0.2, 0) is 0 Å². The minimum atomic E-state index is 0.279. The molecule has 0 spiro atoms. The first kappa shape index (κ1) is 20.3. The van der Waals surface area contributed by atoms with Crippen LogP contribution in [0.5, 0.6) is 0 Å². The molecule has 1 saturated heterocycles. The quantitative estimate of drug-likeness (QED) is 0.450. The monoisotopic (exact) mass is 352 g/mol. The largest absolute Gasteiger partial charge is 0.396 e. The highest BCUT2D eigenvalue weighted by molar-refractivity contribution is 5.42. The van der Waals surface area contributed by atoms with Gasteiger partial charge in [0.2, 0.25) is 0 Å². The van der Waals surface area contributed by atoms with E-state index in [-0.39, 0.29) is 6.04 Å². The van der Waals surface area contributed by atoms with Crippen molar-refractivity contribution < 1.29 is 5.11 Å². The Labute approximate surface area is 159 Å². The lowest BCUT2D eigenvalue weighted by Gasteiger charge is -2.47. The Bertz CT molecular complexity index is 670. The first-order valence-electron chi connectivity index (χ1n) is 9.30. The van der Waals surface area contributed by atoms with Crippen molar-refractivity contribution in [2.75, 3.05) is 26.7 Å². The number of aliphatic hydroxyl groups is 1. The van der Waals surface area contributed by atoms with Crippen molar-refractivity contribution in [3.05, 3.63) is 60.9 Å². The summed E-state index contributed by atoms with van der Waals surface area (Å²) in [5.74, 6) is 6.66. The van der Waals surface area contributed by atoms with Crippen LogP contribution in [0.3, 0.4) is 0 Å². The van der Waals surface area contributed by atoms with E-state index in [1.165, 1.54) is 5.57 Å². The predicted octanol–water partition coefficient (Wildman–Crippen LogP) is 3.53. The fourth-order valence-corrected chi connectivity index (χ4v) is 3.58. The Kier molecular flexibility index (Phi) is 7.08. The van der Waals surface area contributed by atoms with Crippen LogP contribution in [0.4, 0.5) is 0 Å². The van der Waals surface area contributed by atoms with E-state index < -0.39 is 0 Å². The van der Waals surface area contributed by atoms with Crippen molar-refractivity contribution in [1.82, 2.24) is 9.80 Å². The van der Waals surface area contributed by atoms with E-state index in [1.54, 1.807) is 0 Å². The number of rotatable bonds is 6. The Morgan fingerprint density at radius 1 is 1.27 bits per heavy atom. The standard InChI is InChI=1S/C23H32N2O/c1-17(2)7-8-18(3)9-10-20(5)24(6)23-11-12-25(15-19(23)4)22-13-21(14-22)16-26/h7-8,21-23,26H,1,3-5,11-16H2,2,6H3/b8-7-. The zero-order valence-corrected chi connectivity index (χ0v) is 16.3. The summed E-state index contributed by atoms with van der Waals surface area (Å²) in [6, 6.07) is 0.891. The van der Waals surface area contributed by atoms with Gasteiger partial charge in [-0.1, -0.05) is 43.9 Å². The fraction of sp³-hybridized carbons (Fsp3) is 0.478. The van der Waals surface area contributed by atoms with Gasteiger partial charge in [0.05, 0.1) is 11.7 Å². The van der Waals surface area contributed by atoms with Crippen LogP contribution < -0.4 is 0 Å². The van der Waals surface area contributed by atoms with Gasteiger partial charge < -0.3 is 10.0 Å². The highest BCUT2D eigenvalue weighted by Crippen LogP contribution is 2.34.